The molecule has 5 heteroatoms. The minimum atomic E-state index is -0.566. The van der Waals surface area contributed by atoms with E-state index < -0.39 is 11.7 Å². The van der Waals surface area contributed by atoms with Gasteiger partial charge in [0.1, 0.15) is 5.82 Å². The summed E-state index contributed by atoms with van der Waals surface area (Å²) in [4.78, 5) is 12.2. The number of hydrogen-bond donors (Lipinski definition) is 1. The summed E-state index contributed by atoms with van der Waals surface area (Å²) < 4.78 is 14.1. The number of nitrogens with one attached hydrogen (secondary N) is 1. The van der Waals surface area contributed by atoms with Crippen LogP contribution in [0.2, 0.25) is 5.02 Å². The van der Waals surface area contributed by atoms with Crippen molar-refractivity contribution in [3.63, 3.8) is 0 Å². The number of carbonyl (C=O) groups excluding carboxylic acids is 1. The quantitative estimate of drug-likeness (QED) is 0.846. The molecule has 2 rings (SSSR count). The predicted octanol–water partition coefficient (Wildman–Crippen LogP) is 4.73. The molecule has 0 aliphatic rings. The summed E-state index contributed by atoms with van der Waals surface area (Å²) in [5.74, 6) is -1.05. The zero-order chi connectivity index (χ0) is 14.7. The van der Waals surface area contributed by atoms with Crippen molar-refractivity contribution in [2.75, 3.05) is 0 Å². The highest BCUT2D eigenvalue weighted by Crippen LogP contribution is 2.24. The molecule has 0 aromatic heterocycles. The second-order valence-electron chi connectivity index (χ2n) is 4.31. The first-order valence-electron chi connectivity index (χ1n) is 6.00. The molecule has 1 unspecified atom stereocenters. The van der Waals surface area contributed by atoms with Gasteiger partial charge in [-0.15, -0.1) is 0 Å². The summed E-state index contributed by atoms with van der Waals surface area (Å²) in [7, 11) is 0. The lowest BCUT2D eigenvalue weighted by molar-refractivity contribution is 0.0935. The van der Waals surface area contributed by atoms with Crippen molar-refractivity contribution in [2.24, 2.45) is 0 Å². The van der Waals surface area contributed by atoms with Crippen LogP contribution in [0.3, 0.4) is 0 Å². The van der Waals surface area contributed by atoms with Gasteiger partial charge < -0.3 is 5.32 Å². The lowest BCUT2D eigenvalue weighted by Crippen LogP contribution is -2.28. The molecule has 104 valence electrons. The summed E-state index contributed by atoms with van der Waals surface area (Å²) in [6.45, 7) is 1.80. The van der Waals surface area contributed by atoms with Crippen LogP contribution in [0.25, 0.3) is 0 Å². The molecule has 20 heavy (non-hydrogen) atoms. The molecule has 1 atom stereocenters. The van der Waals surface area contributed by atoms with Crippen LogP contribution in [0.1, 0.15) is 28.9 Å². The van der Waals surface area contributed by atoms with E-state index in [2.05, 4.69) is 21.2 Å². The van der Waals surface area contributed by atoms with Gasteiger partial charge in [0.15, 0.2) is 0 Å². The Morgan fingerprint density at radius 1 is 1.25 bits per heavy atom. The molecule has 1 N–H and O–H groups in total. The van der Waals surface area contributed by atoms with Crippen molar-refractivity contribution in [1.29, 1.82) is 0 Å². The Kier molecular flexibility index (Phi) is 4.78. The molecule has 2 aromatic carbocycles. The Bertz CT molecular complexity index is 627. The topological polar surface area (TPSA) is 29.1 Å². The average Bonchev–Trinajstić information content (AvgIpc) is 2.38. The van der Waals surface area contributed by atoms with Crippen LogP contribution in [0.15, 0.2) is 46.9 Å². The third-order valence-electron chi connectivity index (χ3n) is 2.91. The smallest absolute Gasteiger partial charge is 0.255 e. The monoisotopic (exact) mass is 355 g/mol. The van der Waals surface area contributed by atoms with Gasteiger partial charge in [-0.2, -0.15) is 0 Å². The molecule has 0 aliphatic heterocycles. The van der Waals surface area contributed by atoms with Gasteiger partial charge in [-0.3, -0.25) is 4.79 Å². The van der Waals surface area contributed by atoms with E-state index in [0.29, 0.717) is 9.50 Å². The first-order valence-corrected chi connectivity index (χ1v) is 7.17. The number of rotatable bonds is 3. The zero-order valence-corrected chi connectivity index (χ0v) is 13.0. The Balaban J connectivity index is 2.22. The number of halogens is 3. The molecule has 0 bridgehead atoms. The fraction of sp³-hybridized carbons (Fsp3) is 0.133. The van der Waals surface area contributed by atoms with Crippen LogP contribution in [0, 0.1) is 5.82 Å². The second kappa shape index (κ2) is 6.37. The van der Waals surface area contributed by atoms with Gasteiger partial charge in [0.25, 0.3) is 5.91 Å². The average molecular weight is 357 g/mol. The highest BCUT2D eigenvalue weighted by atomic mass is 79.9. The summed E-state index contributed by atoms with van der Waals surface area (Å²) in [5.41, 5.74) is 0.779. The molecule has 0 saturated heterocycles. The molecule has 1 amide bonds. The molecule has 0 saturated carbocycles. The maximum atomic E-state index is 13.7. The number of benzene rings is 2. The van der Waals surface area contributed by atoms with Crippen molar-refractivity contribution < 1.29 is 9.18 Å². The zero-order valence-electron chi connectivity index (χ0n) is 10.7. The van der Waals surface area contributed by atoms with Gasteiger partial charge in [0.2, 0.25) is 0 Å². The van der Waals surface area contributed by atoms with Crippen molar-refractivity contribution in [1.82, 2.24) is 5.32 Å². The van der Waals surface area contributed by atoms with Crippen molar-refractivity contribution >= 4 is 33.4 Å². The van der Waals surface area contributed by atoms with Gasteiger partial charge in [-0.05, 0) is 46.6 Å². The molecule has 0 spiro atoms. The van der Waals surface area contributed by atoms with E-state index >= 15 is 0 Å². The summed E-state index contributed by atoms with van der Waals surface area (Å²) in [6.07, 6.45) is 0. The number of carbonyl (C=O) groups is 1. The Hall–Kier alpha value is -1.39. The van der Waals surface area contributed by atoms with Crippen LogP contribution < -0.4 is 5.32 Å². The van der Waals surface area contributed by atoms with E-state index in [9.17, 15) is 9.18 Å². The Morgan fingerprint density at radius 3 is 2.60 bits per heavy atom. The van der Waals surface area contributed by atoms with E-state index in [-0.39, 0.29) is 11.6 Å². The van der Waals surface area contributed by atoms with Gasteiger partial charge in [-0.25, -0.2) is 4.39 Å². The van der Waals surface area contributed by atoms with Crippen molar-refractivity contribution in [2.45, 2.75) is 13.0 Å². The van der Waals surface area contributed by atoms with Gasteiger partial charge in [0, 0.05) is 9.50 Å². The van der Waals surface area contributed by atoms with Gasteiger partial charge >= 0.3 is 0 Å². The van der Waals surface area contributed by atoms with Crippen LogP contribution in [0.4, 0.5) is 4.39 Å². The molecule has 0 radical (unpaired) electrons. The van der Waals surface area contributed by atoms with E-state index in [1.54, 1.807) is 19.1 Å². The second-order valence-corrected chi connectivity index (χ2v) is 5.57. The summed E-state index contributed by atoms with van der Waals surface area (Å²) in [5, 5.41) is 3.30. The van der Waals surface area contributed by atoms with E-state index in [4.69, 9.17) is 11.6 Å². The van der Waals surface area contributed by atoms with Crippen LogP contribution in [-0.2, 0) is 0 Å². The predicted molar refractivity (Wildman–Crippen MR) is 81.4 cm³/mol. The molecule has 2 aromatic rings. The van der Waals surface area contributed by atoms with Crippen molar-refractivity contribution in [3.8, 4) is 0 Å². The van der Waals surface area contributed by atoms with E-state index in [1.807, 2.05) is 18.2 Å². The normalized spacial score (nSPS) is 12.0. The maximum absolute atomic E-state index is 13.7. The fourth-order valence-electron chi connectivity index (χ4n) is 1.89. The van der Waals surface area contributed by atoms with E-state index in [1.165, 1.54) is 12.1 Å². The molecule has 0 fully saturated rings. The lowest BCUT2D eigenvalue weighted by Gasteiger charge is -2.16. The van der Waals surface area contributed by atoms with Gasteiger partial charge in [0.05, 0.1) is 11.6 Å². The van der Waals surface area contributed by atoms with Crippen LogP contribution in [-0.4, -0.2) is 5.91 Å². The molecule has 2 nitrogen and oxygen atoms in total. The minimum absolute atomic E-state index is 0.00796. The first-order chi connectivity index (χ1) is 9.50. The molecular formula is C15H12BrClFNO. The fourth-order valence-corrected chi connectivity index (χ4v) is 2.71. The van der Waals surface area contributed by atoms with Crippen LogP contribution in [0.5, 0.6) is 0 Å². The Morgan fingerprint density at radius 2 is 1.95 bits per heavy atom. The first kappa shape index (κ1) is 15.0. The number of hydrogen-bond acceptors (Lipinski definition) is 1. The number of amides is 1. The third kappa shape index (κ3) is 3.19. The highest BCUT2D eigenvalue weighted by Gasteiger charge is 2.18. The molecule has 0 heterocycles. The van der Waals surface area contributed by atoms with E-state index in [0.717, 1.165) is 5.56 Å². The summed E-state index contributed by atoms with van der Waals surface area (Å²) >= 11 is 9.26. The maximum Gasteiger partial charge on any atom is 0.255 e. The summed E-state index contributed by atoms with van der Waals surface area (Å²) in [6, 6.07) is 11.3. The molecular weight excluding hydrogens is 345 g/mol. The lowest BCUT2D eigenvalue weighted by atomic mass is 10.1. The minimum Gasteiger partial charge on any atom is -0.345 e. The third-order valence-corrected chi connectivity index (χ3v) is 3.91. The largest absolute Gasteiger partial charge is 0.345 e. The van der Waals surface area contributed by atoms with Gasteiger partial charge in [-0.1, -0.05) is 35.9 Å². The molecule has 0 aliphatic carbocycles. The van der Waals surface area contributed by atoms with Crippen LogP contribution >= 0.6 is 27.5 Å². The Labute approximate surface area is 130 Å². The van der Waals surface area contributed by atoms with Crippen molar-refractivity contribution in [3.05, 3.63) is 68.9 Å². The highest BCUT2D eigenvalue weighted by molar-refractivity contribution is 9.10. The standard InChI is InChI=1S/C15H12BrClFNO/c1-9(10-5-2-3-7-12(10)17)19-15(20)14-11(16)6-4-8-13(14)18/h2-9H,1H3,(H,19,20). The SMILES string of the molecule is CC(NC(=O)c1c(F)cccc1Br)c1ccccc1Cl.